The normalized spacial score (nSPS) is 11.3. The predicted octanol–water partition coefficient (Wildman–Crippen LogP) is 2.26. The Morgan fingerprint density at radius 3 is 2.52 bits per heavy atom. The Morgan fingerprint density at radius 1 is 1.33 bits per heavy atom. The molecule has 0 N–H and O–H groups in total. The summed E-state index contributed by atoms with van der Waals surface area (Å²) >= 11 is 0. The first-order valence-electron chi connectivity index (χ1n) is 5.72. The van der Waals surface area contributed by atoms with Crippen LogP contribution in [0.4, 0.5) is 18.9 Å². The third-order valence-electron chi connectivity index (χ3n) is 2.15. The molecule has 0 aliphatic rings. The lowest BCUT2D eigenvalue weighted by molar-refractivity contribution is -0.387. The Morgan fingerprint density at radius 2 is 2.00 bits per heavy atom. The van der Waals surface area contributed by atoms with E-state index in [1.165, 1.54) is 14.0 Å². The average molecular weight is 310 g/mol. The Bertz CT molecular complexity index is 507. The van der Waals surface area contributed by atoms with Crippen LogP contribution >= 0.6 is 0 Å². The number of aryl methyl sites for hydroxylation is 1. The number of hydrogen-bond donors (Lipinski definition) is 0. The van der Waals surface area contributed by atoms with Crippen molar-refractivity contribution < 1.29 is 32.3 Å². The third kappa shape index (κ3) is 5.42. The fraction of sp³-hybridized carbons (Fsp3) is 0.545. The van der Waals surface area contributed by atoms with Crippen molar-refractivity contribution in [3.05, 3.63) is 21.9 Å². The summed E-state index contributed by atoms with van der Waals surface area (Å²) in [5.41, 5.74) is -0.522. The van der Waals surface area contributed by atoms with Gasteiger partial charge in [0.15, 0.2) is 6.61 Å². The van der Waals surface area contributed by atoms with Gasteiger partial charge in [-0.15, -0.1) is 0 Å². The topological polar surface area (TPSA) is 83.7 Å². The van der Waals surface area contributed by atoms with E-state index >= 15 is 0 Å². The van der Waals surface area contributed by atoms with Crippen molar-refractivity contribution in [1.29, 1.82) is 0 Å². The standard InChI is InChI=1S/C11H13F3N2O5/c1-7-5-8(21-6-11(12,13)14)9(16(17)18)10(15-7)20-4-3-19-2/h5H,3-4,6H2,1-2H3. The number of nitrogens with zero attached hydrogens (tertiary/aromatic N) is 2. The molecule has 0 amide bonds. The molecule has 21 heavy (non-hydrogen) atoms. The number of hydrogen-bond acceptors (Lipinski definition) is 6. The monoisotopic (exact) mass is 310 g/mol. The van der Waals surface area contributed by atoms with Gasteiger partial charge in [-0.1, -0.05) is 0 Å². The number of alkyl halides is 3. The molecule has 10 heteroatoms. The van der Waals surface area contributed by atoms with E-state index in [0.29, 0.717) is 0 Å². The van der Waals surface area contributed by atoms with Gasteiger partial charge in [0, 0.05) is 18.9 Å². The van der Waals surface area contributed by atoms with Gasteiger partial charge >= 0.3 is 11.9 Å². The summed E-state index contributed by atoms with van der Waals surface area (Å²) in [5, 5.41) is 11.0. The highest BCUT2D eigenvalue weighted by Gasteiger charge is 2.32. The summed E-state index contributed by atoms with van der Waals surface area (Å²) in [6, 6.07) is 1.05. The highest BCUT2D eigenvalue weighted by molar-refractivity contribution is 5.54. The molecule has 1 aromatic rings. The van der Waals surface area contributed by atoms with E-state index in [1.807, 2.05) is 0 Å². The number of methoxy groups -OCH3 is 1. The maximum absolute atomic E-state index is 12.2. The second kappa shape index (κ2) is 7.07. The van der Waals surface area contributed by atoms with Crippen molar-refractivity contribution in [1.82, 2.24) is 4.98 Å². The van der Waals surface area contributed by atoms with Crippen LogP contribution in [0.15, 0.2) is 6.07 Å². The Labute approximate surface area is 117 Å². The molecule has 7 nitrogen and oxygen atoms in total. The van der Waals surface area contributed by atoms with Gasteiger partial charge in [0.1, 0.15) is 6.61 Å². The molecule has 0 spiro atoms. The van der Waals surface area contributed by atoms with Crippen LogP contribution in [0.1, 0.15) is 5.69 Å². The van der Waals surface area contributed by atoms with Crippen LogP contribution < -0.4 is 9.47 Å². The van der Waals surface area contributed by atoms with E-state index in [9.17, 15) is 23.3 Å². The first-order chi connectivity index (χ1) is 9.74. The molecule has 1 heterocycles. The van der Waals surface area contributed by atoms with Gasteiger partial charge in [-0.05, 0) is 6.92 Å². The molecule has 0 radical (unpaired) electrons. The van der Waals surface area contributed by atoms with Gasteiger partial charge in [-0.2, -0.15) is 13.2 Å². The van der Waals surface area contributed by atoms with Crippen LogP contribution in [-0.4, -0.2) is 43.0 Å². The lowest BCUT2D eigenvalue weighted by Crippen LogP contribution is -2.20. The quantitative estimate of drug-likeness (QED) is 0.436. The van der Waals surface area contributed by atoms with E-state index in [0.717, 1.165) is 6.07 Å². The van der Waals surface area contributed by atoms with Crippen LogP contribution in [0.2, 0.25) is 0 Å². The Hall–Kier alpha value is -2.10. The second-order valence-electron chi connectivity index (χ2n) is 3.92. The first kappa shape index (κ1) is 17.0. The fourth-order valence-corrected chi connectivity index (χ4v) is 1.37. The van der Waals surface area contributed by atoms with E-state index in [1.54, 1.807) is 0 Å². The molecule has 0 aliphatic carbocycles. The molecule has 0 aromatic carbocycles. The zero-order valence-corrected chi connectivity index (χ0v) is 11.3. The summed E-state index contributed by atoms with van der Waals surface area (Å²) < 4.78 is 50.7. The van der Waals surface area contributed by atoms with Crippen molar-refractivity contribution >= 4 is 5.69 Å². The van der Waals surface area contributed by atoms with Crippen molar-refractivity contribution in [2.45, 2.75) is 13.1 Å². The summed E-state index contributed by atoms with van der Waals surface area (Å²) in [5.74, 6) is -0.952. The van der Waals surface area contributed by atoms with E-state index in [4.69, 9.17) is 9.47 Å². The molecule has 0 unspecified atom stereocenters. The first-order valence-corrected chi connectivity index (χ1v) is 5.72. The highest BCUT2D eigenvalue weighted by atomic mass is 19.4. The van der Waals surface area contributed by atoms with Crippen LogP contribution in [0.3, 0.4) is 0 Å². The number of pyridine rings is 1. The van der Waals surface area contributed by atoms with Gasteiger partial charge < -0.3 is 14.2 Å². The van der Waals surface area contributed by atoms with Crippen LogP contribution in [0, 0.1) is 17.0 Å². The van der Waals surface area contributed by atoms with Crippen molar-refractivity contribution in [3.8, 4) is 11.6 Å². The van der Waals surface area contributed by atoms with Crippen LogP contribution in [-0.2, 0) is 4.74 Å². The minimum absolute atomic E-state index is 0.0352. The molecule has 118 valence electrons. The van der Waals surface area contributed by atoms with E-state index in [2.05, 4.69) is 9.72 Å². The molecule has 1 rings (SSSR count). The summed E-state index contributed by atoms with van der Waals surface area (Å²) in [7, 11) is 1.40. The van der Waals surface area contributed by atoms with Crippen molar-refractivity contribution in [2.24, 2.45) is 0 Å². The number of halogens is 3. The largest absolute Gasteiger partial charge is 0.477 e. The number of aromatic nitrogens is 1. The summed E-state index contributed by atoms with van der Waals surface area (Å²) in [6.45, 7) is -0.0832. The molecule has 0 saturated heterocycles. The summed E-state index contributed by atoms with van der Waals surface area (Å²) in [6.07, 6.45) is -4.61. The molecule has 0 aliphatic heterocycles. The number of nitro groups is 1. The second-order valence-corrected chi connectivity index (χ2v) is 3.92. The molecular formula is C11H13F3N2O5. The Balaban J connectivity index is 3.07. The minimum Gasteiger partial charge on any atom is -0.477 e. The van der Waals surface area contributed by atoms with Crippen LogP contribution in [0.25, 0.3) is 0 Å². The smallest absolute Gasteiger partial charge is 0.422 e. The minimum atomic E-state index is -4.61. The molecule has 0 atom stereocenters. The maximum atomic E-state index is 12.2. The molecule has 0 bridgehead atoms. The van der Waals surface area contributed by atoms with Crippen molar-refractivity contribution in [2.75, 3.05) is 26.9 Å². The van der Waals surface area contributed by atoms with Gasteiger partial charge in [-0.3, -0.25) is 10.1 Å². The molecule has 0 saturated carbocycles. The SMILES string of the molecule is COCCOc1nc(C)cc(OCC(F)(F)F)c1[N+](=O)[O-]. The molecule has 1 aromatic heterocycles. The zero-order valence-electron chi connectivity index (χ0n) is 11.3. The predicted molar refractivity (Wildman–Crippen MR) is 64.5 cm³/mol. The molecule has 0 fully saturated rings. The van der Waals surface area contributed by atoms with Gasteiger partial charge in [0.2, 0.25) is 5.75 Å². The fourth-order valence-electron chi connectivity index (χ4n) is 1.37. The maximum Gasteiger partial charge on any atom is 0.422 e. The number of ether oxygens (including phenoxy) is 3. The van der Waals surface area contributed by atoms with Gasteiger partial charge in [0.25, 0.3) is 5.88 Å². The van der Waals surface area contributed by atoms with Gasteiger partial charge in [-0.25, -0.2) is 4.98 Å². The van der Waals surface area contributed by atoms with E-state index in [-0.39, 0.29) is 18.9 Å². The van der Waals surface area contributed by atoms with Crippen LogP contribution in [0.5, 0.6) is 11.6 Å². The Kier molecular flexibility index (Phi) is 5.70. The lowest BCUT2D eigenvalue weighted by atomic mass is 10.3. The van der Waals surface area contributed by atoms with Gasteiger partial charge in [0.05, 0.1) is 11.5 Å². The third-order valence-corrected chi connectivity index (χ3v) is 2.15. The average Bonchev–Trinajstić information content (AvgIpc) is 2.34. The lowest BCUT2D eigenvalue weighted by Gasteiger charge is -2.12. The highest BCUT2D eigenvalue weighted by Crippen LogP contribution is 2.36. The van der Waals surface area contributed by atoms with E-state index < -0.39 is 35.0 Å². The molecular weight excluding hydrogens is 297 g/mol. The summed E-state index contributed by atoms with van der Waals surface area (Å²) in [4.78, 5) is 13.9. The zero-order chi connectivity index (χ0) is 16.0. The van der Waals surface area contributed by atoms with Crippen molar-refractivity contribution in [3.63, 3.8) is 0 Å². The number of rotatable bonds is 7.